The van der Waals surface area contributed by atoms with Gasteiger partial charge in [0.1, 0.15) is 5.65 Å². The summed E-state index contributed by atoms with van der Waals surface area (Å²) in [6.45, 7) is 7.44. The molecule has 2 saturated carbocycles. The summed E-state index contributed by atoms with van der Waals surface area (Å²) in [5, 5.41) is 0.907. The fraction of sp³-hybridized carbons (Fsp3) is 0.667. The maximum atomic E-state index is 12.6. The van der Waals surface area contributed by atoms with E-state index < -0.39 is 0 Å². The quantitative estimate of drug-likeness (QED) is 0.646. The average molecular weight is 412 g/mol. The standard InChI is InChI=1S/C24H33N3O3/c1-3-29-24(28)22-16(2)27(23-21(22)5-4-12-25-23)13-17-6-8-18(9-7-17)26-14-20(15-26)30-19-10-11-19/h4-5,12,17-20H,3,6-11,13-15H2,1-2H3. The van der Waals surface area contributed by atoms with E-state index in [0.29, 0.717) is 30.3 Å². The van der Waals surface area contributed by atoms with E-state index in [1.807, 2.05) is 32.2 Å². The molecule has 2 aromatic rings. The van der Waals surface area contributed by atoms with Crippen molar-refractivity contribution >= 4 is 17.0 Å². The zero-order chi connectivity index (χ0) is 20.7. The van der Waals surface area contributed by atoms with Gasteiger partial charge in [0, 0.05) is 43.0 Å². The third-order valence-electron chi connectivity index (χ3n) is 7.12. The Kier molecular flexibility index (Phi) is 5.54. The first-order valence-corrected chi connectivity index (χ1v) is 11.6. The Bertz CT molecular complexity index is 906. The lowest BCUT2D eigenvalue weighted by atomic mass is 9.84. The number of carbonyl (C=O) groups is 1. The van der Waals surface area contributed by atoms with Crippen LogP contribution < -0.4 is 0 Å². The lowest BCUT2D eigenvalue weighted by molar-refractivity contribution is -0.0859. The summed E-state index contributed by atoms with van der Waals surface area (Å²) >= 11 is 0. The average Bonchev–Trinajstić information content (AvgIpc) is 3.50. The number of aromatic nitrogens is 2. The Hall–Kier alpha value is -1.92. The second-order valence-electron chi connectivity index (χ2n) is 9.25. The Labute approximate surface area is 178 Å². The molecular weight excluding hydrogens is 378 g/mol. The van der Waals surface area contributed by atoms with Crippen LogP contribution in [0.25, 0.3) is 11.0 Å². The highest BCUT2D eigenvalue weighted by Crippen LogP contribution is 2.35. The number of pyridine rings is 1. The van der Waals surface area contributed by atoms with Crippen molar-refractivity contribution in [2.75, 3.05) is 19.7 Å². The van der Waals surface area contributed by atoms with Crippen LogP contribution in [0.3, 0.4) is 0 Å². The fourth-order valence-corrected chi connectivity index (χ4v) is 5.26. The van der Waals surface area contributed by atoms with Gasteiger partial charge >= 0.3 is 5.97 Å². The van der Waals surface area contributed by atoms with Gasteiger partial charge in [-0.15, -0.1) is 0 Å². The van der Waals surface area contributed by atoms with Gasteiger partial charge in [0.05, 0.1) is 24.4 Å². The first-order chi connectivity index (χ1) is 14.6. The van der Waals surface area contributed by atoms with Crippen LogP contribution in [-0.2, 0) is 16.0 Å². The van der Waals surface area contributed by atoms with Crippen LogP contribution in [0.5, 0.6) is 0 Å². The summed E-state index contributed by atoms with van der Waals surface area (Å²) < 4.78 is 13.6. The first-order valence-electron chi connectivity index (χ1n) is 11.6. The second-order valence-corrected chi connectivity index (χ2v) is 9.25. The first kappa shape index (κ1) is 20.0. The van der Waals surface area contributed by atoms with Crippen LogP contribution in [0.2, 0.25) is 0 Å². The lowest BCUT2D eigenvalue weighted by Gasteiger charge is -2.46. The van der Waals surface area contributed by atoms with Gasteiger partial charge in [0.2, 0.25) is 0 Å². The van der Waals surface area contributed by atoms with E-state index >= 15 is 0 Å². The van der Waals surface area contributed by atoms with Crippen molar-refractivity contribution in [3.63, 3.8) is 0 Å². The van der Waals surface area contributed by atoms with Gasteiger partial charge in [-0.05, 0) is 70.4 Å². The minimum absolute atomic E-state index is 0.240. The molecule has 2 aromatic heterocycles. The Morgan fingerprint density at radius 2 is 1.90 bits per heavy atom. The molecule has 0 unspecified atom stereocenters. The zero-order valence-corrected chi connectivity index (χ0v) is 18.2. The monoisotopic (exact) mass is 411 g/mol. The van der Waals surface area contributed by atoms with Crippen molar-refractivity contribution in [1.82, 2.24) is 14.5 Å². The third-order valence-corrected chi connectivity index (χ3v) is 7.12. The maximum Gasteiger partial charge on any atom is 0.340 e. The smallest absolute Gasteiger partial charge is 0.340 e. The summed E-state index contributed by atoms with van der Waals surface area (Å²) in [5.74, 6) is 0.392. The number of carbonyl (C=O) groups excluding carboxylic acids is 1. The molecule has 0 spiro atoms. The van der Waals surface area contributed by atoms with Crippen LogP contribution >= 0.6 is 0 Å². The van der Waals surface area contributed by atoms with E-state index in [-0.39, 0.29) is 5.97 Å². The summed E-state index contributed by atoms with van der Waals surface area (Å²) in [5.41, 5.74) is 2.56. The van der Waals surface area contributed by atoms with Crippen molar-refractivity contribution in [2.24, 2.45) is 5.92 Å². The Morgan fingerprint density at radius 3 is 2.60 bits per heavy atom. The third kappa shape index (κ3) is 3.87. The molecule has 0 N–H and O–H groups in total. The number of likely N-dealkylation sites (tertiary alicyclic amines) is 1. The molecule has 5 rings (SSSR count). The van der Waals surface area contributed by atoms with Crippen molar-refractivity contribution in [2.45, 2.75) is 77.2 Å². The SMILES string of the molecule is CCOC(=O)c1c(C)n(CC2CCC(N3CC(OC4CC4)C3)CC2)c2ncccc12. The summed E-state index contributed by atoms with van der Waals surface area (Å²) in [6.07, 6.45) is 10.4. The summed E-state index contributed by atoms with van der Waals surface area (Å²) in [7, 11) is 0. The normalized spacial score (nSPS) is 25.4. The van der Waals surface area contributed by atoms with Gasteiger partial charge in [0.25, 0.3) is 0 Å². The van der Waals surface area contributed by atoms with Crippen LogP contribution in [0.15, 0.2) is 18.3 Å². The minimum atomic E-state index is -0.240. The molecule has 1 saturated heterocycles. The maximum absolute atomic E-state index is 12.6. The molecule has 0 atom stereocenters. The second kappa shape index (κ2) is 8.31. The molecule has 3 heterocycles. The predicted octanol–water partition coefficient (Wildman–Crippen LogP) is 3.94. The molecule has 6 heteroatoms. The van der Waals surface area contributed by atoms with Crippen LogP contribution in [-0.4, -0.2) is 58.4 Å². The van der Waals surface area contributed by atoms with Crippen molar-refractivity contribution < 1.29 is 14.3 Å². The van der Waals surface area contributed by atoms with Crippen LogP contribution in [0.1, 0.15) is 61.5 Å². The minimum Gasteiger partial charge on any atom is -0.462 e. The van der Waals surface area contributed by atoms with Gasteiger partial charge in [-0.3, -0.25) is 4.90 Å². The van der Waals surface area contributed by atoms with Crippen LogP contribution in [0, 0.1) is 12.8 Å². The highest BCUT2D eigenvalue weighted by atomic mass is 16.5. The van der Waals surface area contributed by atoms with Crippen LogP contribution in [0.4, 0.5) is 0 Å². The molecule has 0 aromatic carbocycles. The predicted molar refractivity (Wildman–Crippen MR) is 116 cm³/mol. The molecule has 3 fully saturated rings. The van der Waals surface area contributed by atoms with E-state index in [1.165, 1.54) is 38.5 Å². The number of hydrogen-bond acceptors (Lipinski definition) is 5. The number of ether oxygens (including phenoxy) is 2. The number of hydrogen-bond donors (Lipinski definition) is 0. The highest BCUT2D eigenvalue weighted by Gasteiger charge is 2.38. The van der Waals surface area contributed by atoms with Crippen molar-refractivity contribution in [3.05, 3.63) is 29.6 Å². The molecule has 2 aliphatic carbocycles. The molecular formula is C24H33N3O3. The van der Waals surface area contributed by atoms with E-state index in [4.69, 9.17) is 9.47 Å². The van der Waals surface area contributed by atoms with E-state index in [2.05, 4.69) is 14.5 Å². The Balaban J connectivity index is 1.22. The Morgan fingerprint density at radius 1 is 1.13 bits per heavy atom. The van der Waals surface area contributed by atoms with Gasteiger partial charge in [-0.2, -0.15) is 0 Å². The van der Waals surface area contributed by atoms with Crippen molar-refractivity contribution in [3.8, 4) is 0 Å². The largest absolute Gasteiger partial charge is 0.462 e. The van der Waals surface area contributed by atoms with E-state index in [0.717, 1.165) is 42.4 Å². The molecule has 0 amide bonds. The topological polar surface area (TPSA) is 56.6 Å². The van der Waals surface area contributed by atoms with Gasteiger partial charge in [-0.1, -0.05) is 0 Å². The molecule has 0 radical (unpaired) electrons. The molecule has 0 bridgehead atoms. The lowest BCUT2D eigenvalue weighted by Crippen LogP contribution is -2.57. The van der Waals surface area contributed by atoms with Gasteiger partial charge in [-0.25, -0.2) is 9.78 Å². The molecule has 1 aliphatic heterocycles. The number of rotatable bonds is 7. The van der Waals surface area contributed by atoms with E-state index in [9.17, 15) is 4.79 Å². The number of fused-ring (bicyclic) bond motifs is 1. The van der Waals surface area contributed by atoms with Gasteiger partial charge < -0.3 is 14.0 Å². The van der Waals surface area contributed by atoms with Crippen molar-refractivity contribution in [1.29, 1.82) is 0 Å². The highest BCUT2D eigenvalue weighted by molar-refractivity contribution is 6.04. The van der Waals surface area contributed by atoms with E-state index in [1.54, 1.807) is 0 Å². The molecule has 162 valence electrons. The summed E-state index contributed by atoms with van der Waals surface area (Å²) in [4.78, 5) is 19.8. The number of esters is 1. The molecule has 30 heavy (non-hydrogen) atoms. The van der Waals surface area contributed by atoms with Gasteiger partial charge in [0.15, 0.2) is 0 Å². The molecule has 6 nitrogen and oxygen atoms in total. The summed E-state index contributed by atoms with van der Waals surface area (Å²) in [6, 6.07) is 4.60. The number of nitrogens with zero attached hydrogens (tertiary/aromatic N) is 3. The zero-order valence-electron chi connectivity index (χ0n) is 18.2. The molecule has 3 aliphatic rings. The fourth-order valence-electron chi connectivity index (χ4n) is 5.26.